The average molecular weight is 685 g/mol. The lowest BCUT2D eigenvalue weighted by molar-refractivity contribution is 0.669. The fraction of sp³-hybridized carbons (Fsp3) is 0. The highest BCUT2D eigenvalue weighted by atomic mass is 32.1. The lowest BCUT2D eigenvalue weighted by Crippen LogP contribution is -2.01. The van der Waals surface area contributed by atoms with Crippen molar-refractivity contribution in [3.05, 3.63) is 170 Å². The molecule has 244 valence electrons. The molecule has 0 atom stereocenters. The number of thiazole rings is 1. The molecule has 0 aliphatic carbocycles. The molecule has 0 aliphatic heterocycles. The van der Waals surface area contributed by atoms with Gasteiger partial charge in [0.15, 0.2) is 17.5 Å². The molecule has 0 aliphatic rings. The Kier molecular flexibility index (Phi) is 7.25. The summed E-state index contributed by atoms with van der Waals surface area (Å²) in [6, 6.07) is 58.2. The van der Waals surface area contributed by atoms with Gasteiger partial charge in [0.2, 0.25) is 0 Å². The van der Waals surface area contributed by atoms with Crippen molar-refractivity contribution < 1.29 is 4.42 Å². The van der Waals surface area contributed by atoms with E-state index in [4.69, 9.17) is 24.4 Å². The Morgan fingerprint density at radius 2 is 0.981 bits per heavy atom. The van der Waals surface area contributed by atoms with E-state index in [1.807, 2.05) is 66.7 Å². The number of benzene rings is 7. The minimum absolute atomic E-state index is 0.582. The standard InChI is InChI=1S/C46H28N4OS/c1-4-13-29(14-5-1)33-25-34(30-15-6-2-7-16-30)27-35(26-33)44-48-43(31-17-8-3-9-18-31)49-45(50-44)37-19-12-21-39-42(37)36-24-23-32(28-40(36)51-39)46-47-38-20-10-11-22-41(38)52-46/h1-28H. The Morgan fingerprint density at radius 1 is 0.385 bits per heavy atom. The maximum atomic E-state index is 6.52. The van der Waals surface area contributed by atoms with Gasteiger partial charge in [0.1, 0.15) is 16.2 Å². The third-order valence-electron chi connectivity index (χ3n) is 9.35. The van der Waals surface area contributed by atoms with E-state index >= 15 is 0 Å². The molecule has 0 fully saturated rings. The van der Waals surface area contributed by atoms with Gasteiger partial charge in [0, 0.05) is 33.0 Å². The van der Waals surface area contributed by atoms with Crippen LogP contribution in [0.4, 0.5) is 0 Å². The van der Waals surface area contributed by atoms with Crippen molar-refractivity contribution in [2.45, 2.75) is 0 Å². The normalized spacial score (nSPS) is 11.5. The monoisotopic (exact) mass is 684 g/mol. The van der Waals surface area contributed by atoms with Gasteiger partial charge in [-0.1, -0.05) is 121 Å². The highest BCUT2D eigenvalue weighted by molar-refractivity contribution is 7.21. The van der Waals surface area contributed by atoms with E-state index in [0.29, 0.717) is 17.5 Å². The van der Waals surface area contributed by atoms with Crippen molar-refractivity contribution in [3.63, 3.8) is 0 Å². The first-order chi connectivity index (χ1) is 25.7. The number of fused-ring (bicyclic) bond motifs is 4. The minimum atomic E-state index is 0.582. The van der Waals surface area contributed by atoms with Crippen LogP contribution < -0.4 is 0 Å². The molecule has 3 aromatic heterocycles. The predicted octanol–water partition coefficient (Wildman–Crippen LogP) is 12.4. The Bertz CT molecular complexity index is 2810. The zero-order chi connectivity index (χ0) is 34.4. The highest BCUT2D eigenvalue weighted by Crippen LogP contribution is 2.40. The number of aromatic nitrogens is 4. The third kappa shape index (κ3) is 5.43. The number of furan rings is 1. The second-order valence-electron chi connectivity index (χ2n) is 12.7. The second kappa shape index (κ2) is 12.5. The zero-order valence-corrected chi connectivity index (χ0v) is 28.6. The van der Waals surface area contributed by atoms with Gasteiger partial charge in [-0.25, -0.2) is 19.9 Å². The Hall–Kier alpha value is -6.76. The lowest BCUT2D eigenvalue weighted by atomic mass is 9.96. The molecule has 5 nitrogen and oxygen atoms in total. The summed E-state index contributed by atoms with van der Waals surface area (Å²) in [4.78, 5) is 20.3. The van der Waals surface area contributed by atoms with Crippen LogP contribution in [0, 0.1) is 0 Å². The molecule has 0 bridgehead atoms. The van der Waals surface area contributed by atoms with Gasteiger partial charge in [-0.3, -0.25) is 0 Å². The topological polar surface area (TPSA) is 64.7 Å². The van der Waals surface area contributed by atoms with Crippen molar-refractivity contribution >= 4 is 43.5 Å². The van der Waals surface area contributed by atoms with Crippen LogP contribution in [0.1, 0.15) is 0 Å². The summed E-state index contributed by atoms with van der Waals surface area (Å²) < 4.78 is 7.68. The SMILES string of the molecule is c1ccc(-c2cc(-c3ccccc3)cc(-c3nc(-c4ccccc4)nc(-c4cccc5oc6cc(-c7nc8ccccc8s7)ccc6c45)n3)c2)cc1. The first kappa shape index (κ1) is 30.1. The molecule has 10 aromatic rings. The molecule has 10 rings (SSSR count). The van der Waals surface area contributed by atoms with E-state index in [9.17, 15) is 0 Å². The van der Waals surface area contributed by atoms with Gasteiger partial charge in [0.05, 0.1) is 10.2 Å². The van der Waals surface area contributed by atoms with E-state index in [1.165, 1.54) is 0 Å². The predicted molar refractivity (Wildman–Crippen MR) is 213 cm³/mol. The van der Waals surface area contributed by atoms with Crippen molar-refractivity contribution in [1.82, 2.24) is 19.9 Å². The summed E-state index contributed by atoms with van der Waals surface area (Å²) in [6.45, 7) is 0. The van der Waals surface area contributed by atoms with Gasteiger partial charge in [-0.05, 0) is 70.8 Å². The molecule has 7 aromatic carbocycles. The molecule has 0 radical (unpaired) electrons. The van der Waals surface area contributed by atoms with Crippen LogP contribution in [0.25, 0.3) is 99.1 Å². The first-order valence-electron chi connectivity index (χ1n) is 17.1. The maximum Gasteiger partial charge on any atom is 0.164 e. The molecule has 0 saturated carbocycles. The maximum absolute atomic E-state index is 6.52. The third-order valence-corrected chi connectivity index (χ3v) is 10.4. The molecule has 0 saturated heterocycles. The molecular weight excluding hydrogens is 657 g/mol. The van der Waals surface area contributed by atoms with E-state index in [1.54, 1.807) is 11.3 Å². The van der Waals surface area contributed by atoms with Crippen molar-refractivity contribution in [2.75, 3.05) is 0 Å². The lowest BCUT2D eigenvalue weighted by Gasteiger charge is -2.13. The fourth-order valence-electron chi connectivity index (χ4n) is 6.83. The number of para-hydroxylation sites is 1. The quantitative estimate of drug-likeness (QED) is 0.174. The van der Waals surface area contributed by atoms with Crippen LogP contribution in [0.5, 0.6) is 0 Å². The fourth-order valence-corrected chi connectivity index (χ4v) is 7.80. The molecule has 0 N–H and O–H groups in total. The minimum Gasteiger partial charge on any atom is -0.456 e. The van der Waals surface area contributed by atoms with Gasteiger partial charge in [-0.15, -0.1) is 11.3 Å². The van der Waals surface area contributed by atoms with Crippen molar-refractivity contribution in [2.24, 2.45) is 0 Å². The molecule has 0 unspecified atom stereocenters. The number of hydrogen-bond donors (Lipinski definition) is 0. The number of nitrogens with zero attached hydrogens (tertiary/aromatic N) is 4. The van der Waals surface area contributed by atoms with E-state index in [-0.39, 0.29) is 0 Å². The Morgan fingerprint density at radius 3 is 1.67 bits per heavy atom. The molecule has 0 spiro atoms. The van der Waals surface area contributed by atoms with Crippen LogP contribution in [-0.2, 0) is 0 Å². The summed E-state index contributed by atoms with van der Waals surface area (Å²) >= 11 is 1.68. The summed E-state index contributed by atoms with van der Waals surface area (Å²) in [6.07, 6.45) is 0. The van der Waals surface area contributed by atoms with Gasteiger partial charge in [0.25, 0.3) is 0 Å². The highest BCUT2D eigenvalue weighted by Gasteiger charge is 2.19. The largest absolute Gasteiger partial charge is 0.456 e. The second-order valence-corrected chi connectivity index (χ2v) is 13.7. The van der Waals surface area contributed by atoms with Crippen LogP contribution >= 0.6 is 11.3 Å². The van der Waals surface area contributed by atoms with Crippen molar-refractivity contribution in [3.8, 4) is 67.0 Å². The molecule has 0 amide bonds. The Balaban J connectivity index is 1.17. The summed E-state index contributed by atoms with van der Waals surface area (Å²) in [7, 11) is 0. The number of rotatable bonds is 6. The Labute approximate surface area is 303 Å². The smallest absolute Gasteiger partial charge is 0.164 e. The van der Waals surface area contributed by atoms with E-state index < -0.39 is 0 Å². The number of hydrogen-bond acceptors (Lipinski definition) is 6. The van der Waals surface area contributed by atoms with Crippen LogP contribution in [0.3, 0.4) is 0 Å². The van der Waals surface area contributed by atoms with E-state index in [0.717, 1.165) is 81.7 Å². The molecule has 52 heavy (non-hydrogen) atoms. The average Bonchev–Trinajstić information content (AvgIpc) is 3.83. The van der Waals surface area contributed by atoms with Gasteiger partial charge < -0.3 is 4.42 Å². The zero-order valence-electron chi connectivity index (χ0n) is 27.8. The van der Waals surface area contributed by atoms with Gasteiger partial charge >= 0.3 is 0 Å². The molecule has 6 heteroatoms. The summed E-state index contributed by atoms with van der Waals surface area (Å²) in [5.74, 6) is 1.79. The summed E-state index contributed by atoms with van der Waals surface area (Å²) in [5, 5.41) is 2.93. The summed E-state index contributed by atoms with van der Waals surface area (Å²) in [5.41, 5.74) is 10.7. The first-order valence-corrected chi connectivity index (χ1v) is 17.9. The van der Waals surface area contributed by atoms with Gasteiger partial charge in [-0.2, -0.15) is 0 Å². The molecule has 3 heterocycles. The van der Waals surface area contributed by atoms with Crippen LogP contribution in [-0.4, -0.2) is 19.9 Å². The van der Waals surface area contributed by atoms with E-state index in [2.05, 4.69) is 103 Å². The molecular formula is C46H28N4OS. The van der Waals surface area contributed by atoms with Crippen molar-refractivity contribution in [1.29, 1.82) is 0 Å². The van der Waals surface area contributed by atoms with Crippen LogP contribution in [0.15, 0.2) is 174 Å². The van der Waals surface area contributed by atoms with Crippen LogP contribution in [0.2, 0.25) is 0 Å².